The second kappa shape index (κ2) is 10.4. The van der Waals surface area contributed by atoms with E-state index in [1.807, 2.05) is 78.9 Å². The summed E-state index contributed by atoms with van der Waals surface area (Å²) in [5.74, 6) is 1.52. The van der Waals surface area contributed by atoms with Crippen molar-refractivity contribution in [2.45, 2.75) is 30.3 Å². The van der Waals surface area contributed by atoms with Gasteiger partial charge in [-0.3, -0.25) is 0 Å². The number of rotatable bonds is 8. The van der Waals surface area contributed by atoms with Gasteiger partial charge in [0.25, 0.3) is 0 Å². The van der Waals surface area contributed by atoms with Crippen molar-refractivity contribution in [3.05, 3.63) is 95.6 Å². The molecular formula is C27H31NO5. The van der Waals surface area contributed by atoms with Crippen LogP contribution < -0.4 is 15.2 Å². The molecule has 0 saturated carbocycles. The zero-order valence-corrected chi connectivity index (χ0v) is 19.0. The summed E-state index contributed by atoms with van der Waals surface area (Å²) in [4.78, 5) is 0. The summed E-state index contributed by atoms with van der Waals surface area (Å²) in [6, 6.07) is 25.6. The van der Waals surface area contributed by atoms with E-state index in [1.54, 1.807) is 14.2 Å². The third-order valence-electron chi connectivity index (χ3n) is 6.14. The van der Waals surface area contributed by atoms with E-state index in [0.717, 1.165) is 28.2 Å². The van der Waals surface area contributed by atoms with Gasteiger partial charge in [-0.05, 0) is 47.4 Å². The fourth-order valence-corrected chi connectivity index (χ4v) is 4.33. The maximum Gasteiger partial charge on any atom is 0.143 e. The molecule has 6 heteroatoms. The van der Waals surface area contributed by atoms with Gasteiger partial charge in [-0.15, -0.1) is 0 Å². The molecule has 1 aliphatic rings. The Morgan fingerprint density at radius 3 is 1.85 bits per heavy atom. The Hall–Kier alpha value is -2.90. The molecule has 0 aromatic heterocycles. The van der Waals surface area contributed by atoms with Crippen molar-refractivity contribution in [3.8, 4) is 11.5 Å². The molecule has 0 unspecified atom stereocenters. The van der Waals surface area contributed by atoms with Gasteiger partial charge in [-0.25, -0.2) is 0 Å². The van der Waals surface area contributed by atoms with Crippen molar-refractivity contribution in [2.75, 3.05) is 27.4 Å². The number of nitrogens with two attached hydrogens (primary N) is 1. The van der Waals surface area contributed by atoms with Crippen LogP contribution in [0.5, 0.6) is 11.5 Å². The van der Waals surface area contributed by atoms with Gasteiger partial charge in [-0.2, -0.15) is 0 Å². The van der Waals surface area contributed by atoms with Crippen LogP contribution in [0.25, 0.3) is 0 Å². The Balaban J connectivity index is 1.81. The van der Waals surface area contributed by atoms with Crippen molar-refractivity contribution >= 4 is 0 Å². The second-order valence-corrected chi connectivity index (χ2v) is 8.25. The summed E-state index contributed by atoms with van der Waals surface area (Å²) in [5, 5.41) is 10.6. The highest BCUT2D eigenvalue weighted by Gasteiger charge is 2.40. The quantitative estimate of drug-likeness (QED) is 0.513. The third kappa shape index (κ3) is 4.89. The van der Waals surface area contributed by atoms with Crippen LogP contribution in [0.2, 0.25) is 0 Å². The minimum absolute atomic E-state index is 0.168. The highest BCUT2D eigenvalue weighted by atomic mass is 16.6. The Morgan fingerprint density at radius 2 is 1.36 bits per heavy atom. The molecule has 0 radical (unpaired) electrons. The molecule has 1 aliphatic heterocycles. The zero-order valence-electron chi connectivity index (χ0n) is 19.0. The number of hydrogen-bond acceptors (Lipinski definition) is 6. The molecule has 1 saturated heterocycles. The first kappa shape index (κ1) is 23.3. The molecule has 3 aromatic carbocycles. The van der Waals surface area contributed by atoms with Gasteiger partial charge in [0.05, 0.1) is 33.5 Å². The average Bonchev–Trinajstić information content (AvgIpc) is 2.87. The maximum absolute atomic E-state index is 10.6. The fourth-order valence-electron chi connectivity index (χ4n) is 4.33. The molecule has 6 nitrogen and oxygen atoms in total. The SMILES string of the molecule is COc1ccc(C(OC[C@H]2OC[C@H](N)C[C@@H]2O)(c2ccccc2)c2ccc(OC)cc2)cc1. The van der Waals surface area contributed by atoms with Crippen LogP contribution in [0.4, 0.5) is 0 Å². The van der Waals surface area contributed by atoms with E-state index in [0.29, 0.717) is 13.0 Å². The van der Waals surface area contributed by atoms with Crippen LogP contribution in [-0.4, -0.2) is 50.8 Å². The van der Waals surface area contributed by atoms with E-state index in [4.69, 9.17) is 24.7 Å². The second-order valence-electron chi connectivity index (χ2n) is 8.25. The Morgan fingerprint density at radius 1 is 0.848 bits per heavy atom. The van der Waals surface area contributed by atoms with Crippen LogP contribution in [0.3, 0.4) is 0 Å². The summed E-state index contributed by atoms with van der Waals surface area (Å²) in [7, 11) is 3.29. The van der Waals surface area contributed by atoms with Crippen molar-refractivity contribution in [1.82, 2.24) is 0 Å². The lowest BCUT2D eigenvalue weighted by molar-refractivity contribution is -0.133. The molecule has 3 atom stereocenters. The lowest BCUT2D eigenvalue weighted by atomic mass is 9.80. The van der Waals surface area contributed by atoms with Gasteiger partial charge in [0.1, 0.15) is 23.2 Å². The smallest absolute Gasteiger partial charge is 0.143 e. The summed E-state index contributed by atoms with van der Waals surface area (Å²) in [6.07, 6.45) is -0.671. The topological polar surface area (TPSA) is 83.2 Å². The van der Waals surface area contributed by atoms with E-state index < -0.39 is 17.8 Å². The minimum atomic E-state index is -0.942. The van der Waals surface area contributed by atoms with E-state index in [2.05, 4.69) is 0 Å². The van der Waals surface area contributed by atoms with Crippen molar-refractivity contribution in [1.29, 1.82) is 0 Å². The van der Waals surface area contributed by atoms with Gasteiger partial charge in [-0.1, -0.05) is 54.6 Å². The molecule has 174 valence electrons. The highest BCUT2D eigenvalue weighted by Crippen LogP contribution is 2.42. The van der Waals surface area contributed by atoms with Crippen molar-refractivity contribution in [2.24, 2.45) is 5.73 Å². The third-order valence-corrected chi connectivity index (χ3v) is 6.14. The van der Waals surface area contributed by atoms with E-state index in [1.165, 1.54) is 0 Å². The molecule has 0 aliphatic carbocycles. The lowest BCUT2D eigenvalue weighted by Crippen LogP contribution is -2.48. The standard InChI is InChI=1S/C27H31NO5/c1-30-23-12-8-20(9-13-23)27(19-6-4-3-5-7-19,21-10-14-24(31-2)15-11-21)33-18-26-25(29)16-22(28)17-32-26/h3-15,22,25-26,29H,16-18,28H2,1-2H3/t22-,25+,26-/m1/s1. The maximum atomic E-state index is 10.6. The van der Waals surface area contributed by atoms with Crippen LogP contribution in [0, 0.1) is 0 Å². The first-order valence-electron chi connectivity index (χ1n) is 11.1. The predicted octanol–water partition coefficient (Wildman–Crippen LogP) is 3.49. The number of methoxy groups -OCH3 is 2. The van der Waals surface area contributed by atoms with Gasteiger partial charge >= 0.3 is 0 Å². The first-order chi connectivity index (χ1) is 16.1. The number of hydrogen-bond donors (Lipinski definition) is 2. The van der Waals surface area contributed by atoms with Crippen molar-refractivity contribution < 1.29 is 24.1 Å². The number of ether oxygens (including phenoxy) is 4. The van der Waals surface area contributed by atoms with Gasteiger partial charge in [0, 0.05) is 6.04 Å². The highest BCUT2D eigenvalue weighted by molar-refractivity contribution is 5.49. The van der Waals surface area contributed by atoms with Gasteiger partial charge < -0.3 is 29.8 Å². The average molecular weight is 450 g/mol. The normalized spacial score (nSPS) is 20.9. The largest absolute Gasteiger partial charge is 0.497 e. The molecule has 1 heterocycles. The van der Waals surface area contributed by atoms with Crippen LogP contribution in [0.15, 0.2) is 78.9 Å². The van der Waals surface area contributed by atoms with Gasteiger partial charge in [0.15, 0.2) is 0 Å². The molecule has 3 aromatic rings. The summed E-state index contributed by atoms with van der Waals surface area (Å²) in [6.45, 7) is 0.593. The summed E-state index contributed by atoms with van der Waals surface area (Å²) >= 11 is 0. The molecule has 33 heavy (non-hydrogen) atoms. The fraction of sp³-hybridized carbons (Fsp3) is 0.333. The first-order valence-corrected chi connectivity index (χ1v) is 11.1. The number of aliphatic hydroxyl groups is 1. The zero-order chi connectivity index (χ0) is 23.3. The Bertz CT molecular complexity index is 959. The molecular weight excluding hydrogens is 418 g/mol. The van der Waals surface area contributed by atoms with E-state index >= 15 is 0 Å². The number of aliphatic hydroxyl groups excluding tert-OH is 1. The molecule has 4 rings (SSSR count). The monoisotopic (exact) mass is 449 g/mol. The Labute approximate surface area is 194 Å². The van der Waals surface area contributed by atoms with Crippen LogP contribution >= 0.6 is 0 Å². The van der Waals surface area contributed by atoms with E-state index in [-0.39, 0.29) is 12.6 Å². The Kier molecular flexibility index (Phi) is 7.30. The van der Waals surface area contributed by atoms with Crippen LogP contribution in [0.1, 0.15) is 23.1 Å². The summed E-state index contributed by atoms with van der Waals surface area (Å²) < 4.78 is 23.4. The molecule has 0 amide bonds. The van der Waals surface area contributed by atoms with Crippen molar-refractivity contribution in [3.63, 3.8) is 0 Å². The lowest BCUT2D eigenvalue weighted by Gasteiger charge is -2.39. The minimum Gasteiger partial charge on any atom is -0.497 e. The molecule has 0 bridgehead atoms. The molecule has 3 N–H and O–H groups in total. The summed E-state index contributed by atoms with van der Waals surface area (Å²) in [5.41, 5.74) is 7.83. The van der Waals surface area contributed by atoms with Crippen LogP contribution in [-0.2, 0) is 15.1 Å². The number of benzene rings is 3. The molecule has 0 spiro atoms. The van der Waals surface area contributed by atoms with Gasteiger partial charge in [0.2, 0.25) is 0 Å². The molecule has 1 fully saturated rings. The van der Waals surface area contributed by atoms with E-state index in [9.17, 15) is 5.11 Å². The predicted molar refractivity (Wildman–Crippen MR) is 127 cm³/mol.